The number of alkyl halides is 1. The standard InChI is InChI=1S/C10H10ClFO2/c1-6-7(8(13)5-11)3-4-9(14-2)10(6)12/h3-4H,5H2,1-2H3. The van der Waals surface area contributed by atoms with Crippen molar-refractivity contribution < 1.29 is 13.9 Å². The third-order valence-electron chi connectivity index (χ3n) is 1.99. The molecule has 0 saturated heterocycles. The quantitative estimate of drug-likeness (QED) is 0.574. The number of ketones is 1. The molecule has 0 saturated carbocycles. The van der Waals surface area contributed by atoms with Gasteiger partial charge in [-0.25, -0.2) is 4.39 Å². The van der Waals surface area contributed by atoms with E-state index in [2.05, 4.69) is 0 Å². The number of carbonyl (C=O) groups excluding carboxylic acids is 1. The lowest BCUT2D eigenvalue weighted by molar-refractivity contribution is 0.102. The fraction of sp³-hybridized carbons (Fsp3) is 0.300. The number of carbonyl (C=O) groups is 1. The van der Waals surface area contributed by atoms with Crippen molar-refractivity contribution in [2.24, 2.45) is 0 Å². The molecule has 0 aliphatic carbocycles. The molecular formula is C10H10ClFO2. The van der Waals surface area contributed by atoms with Gasteiger partial charge in [-0.15, -0.1) is 11.6 Å². The Hall–Kier alpha value is -1.09. The Labute approximate surface area is 86.6 Å². The third kappa shape index (κ3) is 1.87. The Bertz CT molecular complexity index is 363. The summed E-state index contributed by atoms with van der Waals surface area (Å²) in [6, 6.07) is 2.93. The fourth-order valence-electron chi connectivity index (χ4n) is 1.19. The van der Waals surface area contributed by atoms with Crippen LogP contribution in [0.2, 0.25) is 0 Å². The van der Waals surface area contributed by atoms with E-state index >= 15 is 0 Å². The number of halogens is 2. The lowest BCUT2D eigenvalue weighted by Crippen LogP contribution is -2.05. The van der Waals surface area contributed by atoms with E-state index in [4.69, 9.17) is 16.3 Å². The van der Waals surface area contributed by atoms with Crippen LogP contribution in [-0.2, 0) is 0 Å². The topological polar surface area (TPSA) is 26.3 Å². The molecule has 2 nitrogen and oxygen atoms in total. The number of methoxy groups -OCH3 is 1. The van der Waals surface area contributed by atoms with Gasteiger partial charge in [0.2, 0.25) is 0 Å². The molecule has 14 heavy (non-hydrogen) atoms. The molecule has 0 radical (unpaired) electrons. The molecule has 0 N–H and O–H groups in total. The predicted molar refractivity (Wildman–Crippen MR) is 52.7 cm³/mol. The smallest absolute Gasteiger partial charge is 0.177 e. The number of ether oxygens (including phenoxy) is 1. The number of hydrogen-bond acceptors (Lipinski definition) is 2. The number of hydrogen-bond donors (Lipinski definition) is 0. The minimum atomic E-state index is -0.511. The summed E-state index contributed by atoms with van der Waals surface area (Å²) in [5.74, 6) is -0.810. The molecule has 1 aromatic rings. The van der Waals surface area contributed by atoms with Crippen LogP contribution in [0.3, 0.4) is 0 Å². The SMILES string of the molecule is COc1ccc(C(=O)CCl)c(C)c1F. The molecule has 0 fully saturated rings. The van der Waals surface area contributed by atoms with Crippen molar-refractivity contribution in [2.45, 2.75) is 6.92 Å². The lowest BCUT2D eigenvalue weighted by atomic mass is 10.0. The zero-order chi connectivity index (χ0) is 10.7. The first-order valence-corrected chi connectivity index (χ1v) is 4.57. The summed E-state index contributed by atoms with van der Waals surface area (Å²) in [5, 5.41) is 0. The van der Waals surface area contributed by atoms with Crippen molar-refractivity contribution in [3.8, 4) is 5.75 Å². The van der Waals surface area contributed by atoms with Gasteiger partial charge in [0.15, 0.2) is 17.3 Å². The van der Waals surface area contributed by atoms with Crippen LogP contribution in [0, 0.1) is 12.7 Å². The van der Waals surface area contributed by atoms with E-state index in [0.29, 0.717) is 5.56 Å². The molecule has 0 spiro atoms. The molecule has 0 aromatic heterocycles. The summed E-state index contributed by atoms with van der Waals surface area (Å²) in [4.78, 5) is 11.2. The van der Waals surface area contributed by atoms with E-state index in [9.17, 15) is 9.18 Å². The van der Waals surface area contributed by atoms with Crippen molar-refractivity contribution in [2.75, 3.05) is 13.0 Å². The Morgan fingerprint density at radius 2 is 2.21 bits per heavy atom. The minimum Gasteiger partial charge on any atom is -0.494 e. The van der Waals surface area contributed by atoms with Gasteiger partial charge in [-0.3, -0.25) is 4.79 Å². The highest BCUT2D eigenvalue weighted by Gasteiger charge is 2.14. The van der Waals surface area contributed by atoms with Crippen LogP contribution in [-0.4, -0.2) is 18.8 Å². The Kier molecular flexibility index (Phi) is 3.47. The maximum Gasteiger partial charge on any atom is 0.177 e. The Balaban J connectivity index is 3.24. The van der Waals surface area contributed by atoms with Crippen LogP contribution in [0.25, 0.3) is 0 Å². The van der Waals surface area contributed by atoms with Crippen LogP contribution >= 0.6 is 11.6 Å². The Morgan fingerprint density at radius 1 is 1.57 bits per heavy atom. The highest BCUT2D eigenvalue weighted by molar-refractivity contribution is 6.30. The van der Waals surface area contributed by atoms with Gasteiger partial charge < -0.3 is 4.74 Å². The average Bonchev–Trinajstić information content (AvgIpc) is 2.21. The summed E-state index contributed by atoms with van der Waals surface area (Å²) in [5.41, 5.74) is 0.577. The van der Waals surface area contributed by atoms with Crippen LogP contribution in [0.15, 0.2) is 12.1 Å². The van der Waals surface area contributed by atoms with Gasteiger partial charge in [0.05, 0.1) is 13.0 Å². The second-order valence-corrected chi connectivity index (χ2v) is 3.08. The average molecular weight is 217 g/mol. The maximum absolute atomic E-state index is 13.4. The molecule has 0 heterocycles. The van der Waals surface area contributed by atoms with Crippen LogP contribution in [0.4, 0.5) is 4.39 Å². The van der Waals surface area contributed by atoms with Crippen LogP contribution < -0.4 is 4.74 Å². The molecule has 0 bridgehead atoms. The fourth-order valence-corrected chi connectivity index (χ4v) is 1.34. The first-order valence-electron chi connectivity index (χ1n) is 4.04. The molecule has 0 atom stereocenters. The number of benzene rings is 1. The molecule has 1 aromatic carbocycles. The van der Waals surface area contributed by atoms with E-state index < -0.39 is 5.82 Å². The largest absolute Gasteiger partial charge is 0.494 e. The van der Waals surface area contributed by atoms with Crippen LogP contribution in [0.5, 0.6) is 5.75 Å². The van der Waals surface area contributed by atoms with Crippen molar-refractivity contribution in [3.05, 3.63) is 29.1 Å². The maximum atomic E-state index is 13.4. The highest BCUT2D eigenvalue weighted by Crippen LogP contribution is 2.23. The Morgan fingerprint density at radius 3 is 2.71 bits per heavy atom. The van der Waals surface area contributed by atoms with E-state index in [1.54, 1.807) is 0 Å². The van der Waals surface area contributed by atoms with Crippen molar-refractivity contribution in [3.63, 3.8) is 0 Å². The van der Waals surface area contributed by atoms with Crippen molar-refractivity contribution in [1.82, 2.24) is 0 Å². The number of rotatable bonds is 3. The van der Waals surface area contributed by atoms with Crippen LogP contribution in [0.1, 0.15) is 15.9 Å². The van der Waals surface area contributed by atoms with Gasteiger partial charge in [0.25, 0.3) is 0 Å². The van der Waals surface area contributed by atoms with E-state index in [1.807, 2.05) is 0 Å². The molecule has 0 unspecified atom stereocenters. The lowest BCUT2D eigenvalue weighted by Gasteiger charge is -2.07. The molecule has 1 rings (SSSR count). The van der Waals surface area contributed by atoms with Gasteiger partial charge in [0.1, 0.15) is 0 Å². The highest BCUT2D eigenvalue weighted by atomic mass is 35.5. The monoisotopic (exact) mass is 216 g/mol. The molecule has 76 valence electrons. The molecule has 4 heteroatoms. The van der Waals surface area contributed by atoms with Crippen molar-refractivity contribution in [1.29, 1.82) is 0 Å². The summed E-state index contributed by atoms with van der Waals surface area (Å²) < 4.78 is 18.2. The molecule has 0 aliphatic rings. The molecule has 0 amide bonds. The first kappa shape index (κ1) is 11.0. The van der Waals surface area contributed by atoms with E-state index in [1.165, 1.54) is 26.2 Å². The van der Waals surface area contributed by atoms with Gasteiger partial charge in [-0.1, -0.05) is 0 Å². The normalized spacial score (nSPS) is 10.0. The minimum absolute atomic E-state index is 0.133. The molecule has 0 aliphatic heterocycles. The second kappa shape index (κ2) is 4.42. The number of Topliss-reactive ketones (excluding diaryl/α,β-unsaturated/α-hetero) is 1. The van der Waals surface area contributed by atoms with Gasteiger partial charge >= 0.3 is 0 Å². The summed E-state index contributed by atoms with van der Waals surface area (Å²) >= 11 is 5.38. The van der Waals surface area contributed by atoms with Gasteiger partial charge in [-0.2, -0.15) is 0 Å². The predicted octanol–water partition coefficient (Wildman–Crippen LogP) is 2.56. The first-order chi connectivity index (χ1) is 6.61. The van der Waals surface area contributed by atoms with E-state index in [0.717, 1.165) is 0 Å². The summed E-state index contributed by atoms with van der Waals surface area (Å²) in [6.45, 7) is 1.53. The summed E-state index contributed by atoms with van der Waals surface area (Å²) in [6.07, 6.45) is 0. The zero-order valence-corrected chi connectivity index (χ0v) is 8.69. The van der Waals surface area contributed by atoms with Gasteiger partial charge in [0, 0.05) is 5.56 Å². The third-order valence-corrected chi connectivity index (χ3v) is 2.24. The molecular weight excluding hydrogens is 207 g/mol. The zero-order valence-electron chi connectivity index (χ0n) is 7.93. The van der Waals surface area contributed by atoms with Gasteiger partial charge in [-0.05, 0) is 24.6 Å². The van der Waals surface area contributed by atoms with E-state index in [-0.39, 0.29) is 23.0 Å². The summed E-state index contributed by atoms with van der Waals surface area (Å²) in [7, 11) is 1.38. The second-order valence-electron chi connectivity index (χ2n) is 2.81. The van der Waals surface area contributed by atoms with Crippen molar-refractivity contribution >= 4 is 17.4 Å².